The normalized spacial score (nSPS) is 11.9. The van der Waals surface area contributed by atoms with Gasteiger partial charge in [-0.15, -0.1) is 11.3 Å². The summed E-state index contributed by atoms with van der Waals surface area (Å²) < 4.78 is 1.08. The molecule has 0 bridgehead atoms. The zero-order valence-corrected chi connectivity index (χ0v) is 16.7. The molecular weight excluding hydrogens is 362 g/mol. The summed E-state index contributed by atoms with van der Waals surface area (Å²) in [5, 5.41) is 0.753. The molecule has 0 amide bonds. The summed E-state index contributed by atoms with van der Waals surface area (Å²) in [6, 6.07) is 25.8. The van der Waals surface area contributed by atoms with Gasteiger partial charge in [0.2, 0.25) is 0 Å². The summed E-state index contributed by atoms with van der Waals surface area (Å²) in [6.07, 6.45) is 1.96. The number of Topliss-reactive ketones (excluding diaryl/α,β-unsaturated/α-hetero) is 1. The average molecular weight is 384 g/mol. The lowest BCUT2D eigenvalue weighted by atomic mass is 9.98. The summed E-state index contributed by atoms with van der Waals surface area (Å²) in [5.74, 6) is 0.473. The molecule has 0 radical (unpaired) electrons. The van der Waals surface area contributed by atoms with Gasteiger partial charge < -0.3 is 0 Å². The van der Waals surface area contributed by atoms with Crippen LogP contribution < -0.4 is 0 Å². The number of hydrogen-bond donors (Lipinski definition) is 0. The van der Waals surface area contributed by atoms with E-state index >= 15 is 0 Å². The van der Waals surface area contributed by atoms with E-state index in [0.29, 0.717) is 17.1 Å². The Balaban J connectivity index is 1.82. The van der Waals surface area contributed by atoms with Crippen LogP contribution in [0.5, 0.6) is 0 Å². The van der Waals surface area contributed by atoms with Gasteiger partial charge in [-0.1, -0.05) is 80.6 Å². The molecule has 4 aromatic rings. The lowest BCUT2D eigenvalue weighted by molar-refractivity contribution is 0.105. The van der Waals surface area contributed by atoms with Crippen molar-refractivity contribution in [3.8, 4) is 0 Å². The molecule has 0 spiro atoms. The van der Waals surface area contributed by atoms with E-state index in [1.54, 1.807) is 11.3 Å². The molecule has 0 aliphatic carbocycles. The summed E-state index contributed by atoms with van der Waals surface area (Å²) in [5.41, 5.74) is 4.51. The van der Waals surface area contributed by atoms with Crippen molar-refractivity contribution in [2.45, 2.75) is 19.8 Å². The van der Waals surface area contributed by atoms with Crippen molar-refractivity contribution in [2.75, 3.05) is 0 Å². The fourth-order valence-corrected chi connectivity index (χ4v) is 4.08. The van der Waals surface area contributed by atoms with Crippen molar-refractivity contribution in [2.24, 2.45) is 0 Å². The van der Waals surface area contributed by atoms with Gasteiger partial charge in [-0.25, -0.2) is 4.98 Å². The van der Waals surface area contributed by atoms with Crippen LogP contribution in [0.2, 0.25) is 0 Å². The summed E-state index contributed by atoms with van der Waals surface area (Å²) in [6.45, 7) is 4.35. The average Bonchev–Trinajstić information content (AvgIpc) is 3.16. The molecular formula is C25H21NOS. The Bertz CT molecular complexity index is 1110. The van der Waals surface area contributed by atoms with Crippen molar-refractivity contribution in [1.82, 2.24) is 4.98 Å². The molecule has 0 unspecified atom stereocenters. The zero-order valence-electron chi connectivity index (χ0n) is 15.9. The van der Waals surface area contributed by atoms with Crippen LogP contribution in [-0.2, 0) is 0 Å². The summed E-state index contributed by atoms with van der Waals surface area (Å²) in [4.78, 5) is 18.0. The van der Waals surface area contributed by atoms with E-state index in [-0.39, 0.29) is 5.78 Å². The number of nitrogens with zero attached hydrogens (tertiary/aromatic N) is 1. The summed E-state index contributed by atoms with van der Waals surface area (Å²) >= 11 is 1.56. The van der Waals surface area contributed by atoms with E-state index in [0.717, 1.165) is 20.8 Å². The highest BCUT2D eigenvalue weighted by Crippen LogP contribution is 2.31. The van der Waals surface area contributed by atoms with Gasteiger partial charge in [-0.2, -0.15) is 0 Å². The Labute approximate surface area is 169 Å². The fourth-order valence-electron chi connectivity index (χ4n) is 3.10. The van der Waals surface area contributed by atoms with Crippen LogP contribution >= 0.6 is 11.3 Å². The molecule has 2 nitrogen and oxygen atoms in total. The van der Waals surface area contributed by atoms with Gasteiger partial charge in [0.25, 0.3) is 0 Å². The van der Waals surface area contributed by atoms with E-state index < -0.39 is 0 Å². The smallest absolute Gasteiger partial charge is 0.196 e. The van der Waals surface area contributed by atoms with Crippen LogP contribution in [0.1, 0.15) is 46.3 Å². The molecule has 0 saturated carbocycles. The number of allylic oxidation sites excluding steroid dienone is 1. The van der Waals surface area contributed by atoms with Crippen molar-refractivity contribution in [3.05, 3.63) is 101 Å². The Morgan fingerprint density at radius 2 is 1.57 bits per heavy atom. The topological polar surface area (TPSA) is 30.0 Å². The van der Waals surface area contributed by atoms with Gasteiger partial charge in [0.15, 0.2) is 5.78 Å². The molecule has 138 valence electrons. The van der Waals surface area contributed by atoms with Gasteiger partial charge in [-0.3, -0.25) is 4.79 Å². The van der Waals surface area contributed by atoms with Gasteiger partial charge in [0.05, 0.1) is 15.8 Å². The maximum absolute atomic E-state index is 13.3. The van der Waals surface area contributed by atoms with Gasteiger partial charge in [-0.05, 0) is 35.3 Å². The van der Waals surface area contributed by atoms with Crippen LogP contribution in [0.15, 0.2) is 78.9 Å². The first-order chi connectivity index (χ1) is 13.6. The zero-order chi connectivity index (χ0) is 19.5. The monoisotopic (exact) mass is 383 g/mol. The lowest BCUT2D eigenvalue weighted by Crippen LogP contribution is -2.02. The largest absolute Gasteiger partial charge is 0.288 e. The lowest BCUT2D eigenvalue weighted by Gasteiger charge is -2.07. The van der Waals surface area contributed by atoms with Gasteiger partial charge in [0, 0.05) is 5.56 Å². The molecule has 1 aromatic heterocycles. The van der Waals surface area contributed by atoms with E-state index in [1.165, 1.54) is 5.56 Å². The third-order valence-electron chi connectivity index (χ3n) is 4.72. The molecule has 0 fully saturated rings. The maximum atomic E-state index is 13.3. The Hall–Kier alpha value is -3.04. The highest BCUT2D eigenvalue weighted by atomic mass is 32.1. The van der Waals surface area contributed by atoms with Crippen LogP contribution in [0.25, 0.3) is 21.9 Å². The van der Waals surface area contributed by atoms with Crippen molar-refractivity contribution in [3.63, 3.8) is 0 Å². The number of aromatic nitrogens is 1. The number of rotatable bonds is 5. The number of carbonyl (C=O) groups is 1. The van der Waals surface area contributed by atoms with E-state index in [1.807, 2.05) is 60.7 Å². The first kappa shape index (κ1) is 18.3. The quantitative estimate of drug-likeness (QED) is 0.279. The second kappa shape index (κ2) is 7.91. The molecule has 0 N–H and O–H groups in total. The predicted octanol–water partition coefficient (Wildman–Crippen LogP) is 6.84. The van der Waals surface area contributed by atoms with E-state index in [9.17, 15) is 4.79 Å². The SMILES string of the molecule is CC(C)c1ccc(C=C(C(=O)c2ccccc2)c2nc3ccccc3s2)cc1. The number of hydrogen-bond acceptors (Lipinski definition) is 3. The summed E-state index contributed by atoms with van der Waals surface area (Å²) in [7, 11) is 0. The van der Waals surface area contributed by atoms with Crippen LogP contribution in [0.3, 0.4) is 0 Å². The highest BCUT2D eigenvalue weighted by molar-refractivity contribution is 7.20. The minimum absolute atomic E-state index is 0.00686. The molecule has 0 saturated heterocycles. The molecule has 4 rings (SSSR count). The third kappa shape index (κ3) is 3.80. The second-order valence-electron chi connectivity index (χ2n) is 7.06. The Morgan fingerprint density at radius 1 is 0.893 bits per heavy atom. The fraction of sp³-hybridized carbons (Fsp3) is 0.120. The second-order valence-corrected chi connectivity index (χ2v) is 8.09. The van der Waals surface area contributed by atoms with Crippen molar-refractivity contribution in [1.29, 1.82) is 0 Å². The van der Waals surface area contributed by atoms with E-state index in [2.05, 4.69) is 38.1 Å². The minimum Gasteiger partial charge on any atom is -0.288 e. The Morgan fingerprint density at radius 3 is 2.25 bits per heavy atom. The molecule has 28 heavy (non-hydrogen) atoms. The van der Waals surface area contributed by atoms with Crippen LogP contribution in [0, 0.1) is 0 Å². The highest BCUT2D eigenvalue weighted by Gasteiger charge is 2.18. The van der Waals surface area contributed by atoms with Crippen molar-refractivity contribution >= 4 is 39.0 Å². The number of fused-ring (bicyclic) bond motifs is 1. The molecule has 0 atom stereocenters. The minimum atomic E-state index is -0.00686. The van der Waals surface area contributed by atoms with E-state index in [4.69, 9.17) is 4.98 Å². The number of ketones is 1. The molecule has 0 aliphatic heterocycles. The van der Waals surface area contributed by atoms with Gasteiger partial charge in [0.1, 0.15) is 5.01 Å². The third-order valence-corrected chi connectivity index (χ3v) is 5.79. The first-order valence-electron chi connectivity index (χ1n) is 9.39. The number of para-hydroxylation sites is 1. The molecule has 3 aromatic carbocycles. The first-order valence-corrected chi connectivity index (χ1v) is 10.2. The van der Waals surface area contributed by atoms with Gasteiger partial charge >= 0.3 is 0 Å². The predicted molar refractivity (Wildman–Crippen MR) is 119 cm³/mol. The molecule has 1 heterocycles. The number of thiazole rings is 1. The number of benzene rings is 3. The van der Waals surface area contributed by atoms with Crippen LogP contribution in [0.4, 0.5) is 0 Å². The van der Waals surface area contributed by atoms with Crippen LogP contribution in [-0.4, -0.2) is 10.8 Å². The molecule has 0 aliphatic rings. The maximum Gasteiger partial charge on any atom is 0.196 e. The standard InChI is InChI=1S/C25H21NOS/c1-17(2)19-14-12-18(13-15-19)16-21(24(27)20-8-4-3-5-9-20)25-26-22-10-6-7-11-23(22)28-25/h3-17H,1-2H3. The molecule has 3 heteroatoms. The Kier molecular flexibility index (Phi) is 5.18. The van der Waals surface area contributed by atoms with Crippen molar-refractivity contribution < 1.29 is 4.79 Å². The number of carbonyl (C=O) groups excluding carboxylic acids is 1.